The van der Waals surface area contributed by atoms with Gasteiger partial charge in [-0.25, -0.2) is 4.79 Å². The number of rotatable bonds is 7. The van der Waals surface area contributed by atoms with Crippen LogP contribution in [0.4, 0.5) is 0 Å². The molecule has 0 spiro atoms. The number of hydrogen-bond acceptors (Lipinski definition) is 9. The first-order valence-electron chi connectivity index (χ1n) is 9.49. The van der Waals surface area contributed by atoms with E-state index in [1.807, 2.05) is 6.92 Å². The summed E-state index contributed by atoms with van der Waals surface area (Å²) in [6.45, 7) is 5.28. The van der Waals surface area contributed by atoms with Crippen molar-refractivity contribution in [3.8, 4) is 0 Å². The molecular weight excluding hydrogens is 496 g/mol. The van der Waals surface area contributed by atoms with Crippen LogP contribution in [0.5, 0.6) is 0 Å². The lowest BCUT2D eigenvalue weighted by Gasteiger charge is -2.49. The van der Waals surface area contributed by atoms with E-state index in [-0.39, 0.29) is 18.1 Å². The quantitative estimate of drug-likeness (QED) is 0.419. The second kappa shape index (κ2) is 9.04. The van der Waals surface area contributed by atoms with Crippen molar-refractivity contribution in [3.05, 3.63) is 32.7 Å². The minimum absolute atomic E-state index is 0.0108. The molecule has 2 amide bonds. The molecule has 2 aliphatic heterocycles. The SMILES string of the molecule is Cc1nnc(SCC2=C(C(=O)O)N3C(=O)[C@@H](NC(=O)Cn4nc(C)c(Cl)c4C)[C@@H]3SC2)s1. The summed E-state index contributed by atoms with van der Waals surface area (Å²) in [6.07, 6.45) is 0. The van der Waals surface area contributed by atoms with E-state index in [1.54, 1.807) is 13.8 Å². The van der Waals surface area contributed by atoms with Crippen LogP contribution in [-0.4, -0.2) is 70.7 Å². The second-order valence-electron chi connectivity index (χ2n) is 7.23. The van der Waals surface area contributed by atoms with Crippen molar-refractivity contribution in [3.63, 3.8) is 0 Å². The summed E-state index contributed by atoms with van der Waals surface area (Å²) in [5, 5.41) is 25.6. The Kier molecular flexibility index (Phi) is 6.52. The van der Waals surface area contributed by atoms with Gasteiger partial charge in [-0.05, 0) is 26.3 Å². The molecule has 0 unspecified atom stereocenters. The Morgan fingerprint density at radius 3 is 2.66 bits per heavy atom. The fraction of sp³-hybridized carbons (Fsp3) is 0.444. The number of carboxylic acids is 1. The van der Waals surface area contributed by atoms with Gasteiger partial charge in [0.15, 0.2) is 4.34 Å². The Bertz CT molecular complexity index is 1150. The molecule has 2 N–H and O–H groups in total. The lowest BCUT2D eigenvalue weighted by Crippen LogP contribution is -2.70. The molecule has 4 rings (SSSR count). The highest BCUT2D eigenvalue weighted by molar-refractivity contribution is 8.01. The lowest BCUT2D eigenvalue weighted by atomic mass is 10.0. The Balaban J connectivity index is 1.43. The maximum atomic E-state index is 12.8. The van der Waals surface area contributed by atoms with Gasteiger partial charge in [0, 0.05) is 11.5 Å². The smallest absolute Gasteiger partial charge is 0.352 e. The minimum Gasteiger partial charge on any atom is -0.477 e. The molecule has 2 aromatic heterocycles. The molecular formula is C18H19ClN6O4S3. The van der Waals surface area contributed by atoms with Crippen molar-refractivity contribution < 1.29 is 19.5 Å². The van der Waals surface area contributed by atoms with Crippen molar-refractivity contribution in [2.24, 2.45) is 0 Å². The molecule has 2 aliphatic rings. The maximum absolute atomic E-state index is 12.8. The first-order valence-corrected chi connectivity index (χ1v) is 12.7. The van der Waals surface area contributed by atoms with Crippen LogP contribution in [0, 0.1) is 20.8 Å². The third-order valence-electron chi connectivity index (χ3n) is 5.03. The lowest BCUT2D eigenvalue weighted by molar-refractivity contribution is -0.150. The molecule has 1 fully saturated rings. The standard InChI is InChI=1S/C18H19ClN6O4S3/c1-7-12(19)8(2)24(23-7)4-11(26)20-13-15(27)25-14(17(28)29)10(5-30-16(13)25)6-31-18-22-21-9(3)32-18/h13,16H,4-6H2,1-3H3,(H,20,26)(H,28,29)/t13-,16+/m1/s1. The van der Waals surface area contributed by atoms with Crippen LogP contribution in [0.3, 0.4) is 0 Å². The van der Waals surface area contributed by atoms with Crippen LogP contribution >= 0.6 is 46.5 Å². The van der Waals surface area contributed by atoms with Gasteiger partial charge in [0.2, 0.25) is 5.91 Å². The monoisotopic (exact) mass is 514 g/mol. The molecule has 0 radical (unpaired) electrons. The number of nitrogens with one attached hydrogen (secondary N) is 1. The number of aromatic nitrogens is 4. The molecule has 170 valence electrons. The summed E-state index contributed by atoms with van der Waals surface area (Å²) in [5.74, 6) is -1.14. The van der Waals surface area contributed by atoms with Crippen molar-refractivity contribution in [2.45, 2.75) is 43.1 Å². The number of carboxylic acid groups (broad SMARTS) is 1. The predicted molar refractivity (Wildman–Crippen MR) is 122 cm³/mol. The number of thioether (sulfide) groups is 2. The third kappa shape index (κ3) is 4.26. The Morgan fingerprint density at radius 2 is 2.06 bits per heavy atom. The van der Waals surface area contributed by atoms with E-state index >= 15 is 0 Å². The first kappa shape index (κ1) is 23.1. The van der Waals surface area contributed by atoms with Gasteiger partial charge < -0.3 is 10.4 Å². The van der Waals surface area contributed by atoms with E-state index in [0.717, 1.165) is 9.35 Å². The number of aryl methyl sites for hydroxylation is 2. The van der Waals surface area contributed by atoms with E-state index in [1.165, 1.54) is 44.4 Å². The van der Waals surface area contributed by atoms with Crippen LogP contribution in [0.2, 0.25) is 5.02 Å². The normalized spacial score (nSPS) is 20.2. The van der Waals surface area contributed by atoms with Crippen molar-refractivity contribution in [1.82, 2.24) is 30.2 Å². The summed E-state index contributed by atoms with van der Waals surface area (Å²) in [4.78, 5) is 38.5. The largest absolute Gasteiger partial charge is 0.477 e. The third-order valence-corrected chi connectivity index (χ3v) is 8.98. The average Bonchev–Trinajstić information content (AvgIpc) is 3.27. The Hall–Kier alpha value is -2.09. The summed E-state index contributed by atoms with van der Waals surface area (Å²) >= 11 is 10.4. The summed E-state index contributed by atoms with van der Waals surface area (Å²) in [7, 11) is 0. The van der Waals surface area contributed by atoms with E-state index in [0.29, 0.717) is 33.5 Å². The van der Waals surface area contributed by atoms with E-state index in [4.69, 9.17) is 11.6 Å². The molecule has 0 saturated carbocycles. The molecule has 0 aromatic carbocycles. The summed E-state index contributed by atoms with van der Waals surface area (Å²) in [5.41, 5.74) is 1.92. The highest BCUT2D eigenvalue weighted by Crippen LogP contribution is 2.41. The van der Waals surface area contributed by atoms with Gasteiger partial charge in [0.05, 0.1) is 16.4 Å². The number of nitrogens with zero attached hydrogens (tertiary/aromatic N) is 5. The van der Waals surface area contributed by atoms with E-state index in [9.17, 15) is 19.5 Å². The molecule has 14 heteroatoms. The Morgan fingerprint density at radius 1 is 1.31 bits per heavy atom. The van der Waals surface area contributed by atoms with Crippen molar-refractivity contribution >= 4 is 64.2 Å². The second-order valence-corrected chi connectivity index (χ2v) is 11.1. The Labute approximate surface area is 200 Å². The molecule has 0 aliphatic carbocycles. The fourth-order valence-electron chi connectivity index (χ4n) is 3.46. The molecule has 4 heterocycles. The van der Waals surface area contributed by atoms with E-state index in [2.05, 4.69) is 20.6 Å². The minimum atomic E-state index is -1.16. The molecule has 0 bridgehead atoms. The number of aliphatic carboxylic acids is 1. The summed E-state index contributed by atoms with van der Waals surface area (Å²) < 4.78 is 2.23. The molecule has 32 heavy (non-hydrogen) atoms. The van der Waals surface area contributed by atoms with Gasteiger partial charge in [-0.15, -0.1) is 22.0 Å². The van der Waals surface area contributed by atoms with Crippen LogP contribution < -0.4 is 5.32 Å². The van der Waals surface area contributed by atoms with Gasteiger partial charge in [-0.2, -0.15) is 5.10 Å². The van der Waals surface area contributed by atoms with Crippen LogP contribution in [0.25, 0.3) is 0 Å². The summed E-state index contributed by atoms with van der Waals surface area (Å²) in [6, 6.07) is -0.783. The predicted octanol–water partition coefficient (Wildman–Crippen LogP) is 1.84. The maximum Gasteiger partial charge on any atom is 0.352 e. The topological polar surface area (TPSA) is 130 Å². The highest BCUT2D eigenvalue weighted by Gasteiger charge is 2.54. The van der Waals surface area contributed by atoms with Crippen molar-refractivity contribution in [2.75, 3.05) is 11.5 Å². The average molecular weight is 515 g/mol. The molecule has 10 nitrogen and oxygen atoms in total. The number of amides is 2. The van der Waals surface area contributed by atoms with Gasteiger partial charge in [-0.3, -0.25) is 19.2 Å². The molecule has 1 saturated heterocycles. The van der Waals surface area contributed by atoms with Gasteiger partial charge in [-0.1, -0.05) is 34.7 Å². The van der Waals surface area contributed by atoms with Gasteiger partial charge in [0.1, 0.15) is 28.7 Å². The highest BCUT2D eigenvalue weighted by atomic mass is 35.5. The number of carbonyl (C=O) groups is 3. The van der Waals surface area contributed by atoms with Crippen LogP contribution in [0.1, 0.15) is 16.4 Å². The zero-order valence-electron chi connectivity index (χ0n) is 17.3. The van der Waals surface area contributed by atoms with E-state index < -0.39 is 23.3 Å². The number of β-lactam (4-membered cyclic amide) rings is 1. The van der Waals surface area contributed by atoms with Crippen LogP contribution in [0.15, 0.2) is 15.6 Å². The number of halogens is 1. The number of hydrogen-bond donors (Lipinski definition) is 2. The van der Waals surface area contributed by atoms with Gasteiger partial charge in [0.25, 0.3) is 5.91 Å². The van der Waals surface area contributed by atoms with Crippen LogP contribution in [-0.2, 0) is 20.9 Å². The zero-order chi connectivity index (χ0) is 23.2. The fourth-order valence-corrected chi connectivity index (χ4v) is 6.90. The molecule has 2 aromatic rings. The van der Waals surface area contributed by atoms with Gasteiger partial charge >= 0.3 is 5.97 Å². The van der Waals surface area contributed by atoms with Crippen molar-refractivity contribution in [1.29, 1.82) is 0 Å². The number of fused-ring (bicyclic) bond motifs is 1. The first-order chi connectivity index (χ1) is 15.2. The number of carbonyl (C=O) groups excluding carboxylic acids is 2. The molecule has 2 atom stereocenters. The zero-order valence-corrected chi connectivity index (χ0v) is 20.5.